The number of hydrogen-bond acceptors (Lipinski definition) is 3. The molecule has 120 valence electrons. The minimum Gasteiger partial charge on any atom is -0.493 e. The minimum absolute atomic E-state index is 0.110. The normalized spacial score (nSPS) is 15.3. The van der Waals surface area contributed by atoms with Crippen molar-refractivity contribution < 1.29 is 18.7 Å². The van der Waals surface area contributed by atoms with Crippen LogP contribution >= 0.6 is 0 Å². The molecule has 2 aromatic carbocycles. The molecule has 0 bridgehead atoms. The zero-order chi connectivity index (χ0) is 16.4. The lowest BCUT2D eigenvalue weighted by molar-refractivity contribution is 0.0942. The zero-order valence-corrected chi connectivity index (χ0v) is 13.1. The lowest BCUT2D eigenvalue weighted by Crippen LogP contribution is -2.33. The number of halogens is 1. The van der Waals surface area contributed by atoms with Gasteiger partial charge >= 0.3 is 0 Å². The summed E-state index contributed by atoms with van der Waals surface area (Å²) in [5.41, 5.74) is 2.42. The smallest absolute Gasteiger partial charge is 0.258 e. The first-order chi connectivity index (χ1) is 11.2. The van der Waals surface area contributed by atoms with Gasteiger partial charge in [-0.1, -0.05) is 24.3 Å². The average molecular weight is 315 g/mol. The Bertz CT molecular complexity index is 745. The second-order valence-corrected chi connectivity index (χ2v) is 5.47. The number of benzene rings is 2. The zero-order valence-electron chi connectivity index (χ0n) is 13.1. The largest absolute Gasteiger partial charge is 0.493 e. The summed E-state index contributed by atoms with van der Waals surface area (Å²) >= 11 is 0. The molecule has 1 amide bonds. The Hall–Kier alpha value is -2.56. The summed E-state index contributed by atoms with van der Waals surface area (Å²) in [7, 11) is 2.83. The maximum absolute atomic E-state index is 14.1. The SMILES string of the molecule is COc1ccc(F)c(C(=O)NCC2Cc3ccccc32)c1OC. The molecule has 0 fully saturated rings. The maximum atomic E-state index is 14.1. The Balaban J connectivity index is 1.75. The molecule has 1 atom stereocenters. The number of amides is 1. The third-order valence-corrected chi connectivity index (χ3v) is 4.19. The van der Waals surface area contributed by atoms with Gasteiger partial charge in [-0.05, 0) is 29.7 Å². The summed E-state index contributed by atoms with van der Waals surface area (Å²) in [5.74, 6) is -0.418. The van der Waals surface area contributed by atoms with Crippen molar-refractivity contribution in [2.75, 3.05) is 20.8 Å². The quantitative estimate of drug-likeness (QED) is 0.923. The number of carbonyl (C=O) groups is 1. The van der Waals surface area contributed by atoms with E-state index in [1.54, 1.807) is 0 Å². The van der Waals surface area contributed by atoms with E-state index in [9.17, 15) is 9.18 Å². The average Bonchev–Trinajstić information content (AvgIpc) is 2.55. The van der Waals surface area contributed by atoms with Gasteiger partial charge in [-0.25, -0.2) is 4.39 Å². The van der Waals surface area contributed by atoms with Crippen LogP contribution in [-0.2, 0) is 6.42 Å². The molecule has 5 heteroatoms. The molecular weight excluding hydrogens is 297 g/mol. The number of carbonyl (C=O) groups excluding carboxylic acids is 1. The van der Waals surface area contributed by atoms with Crippen molar-refractivity contribution in [3.05, 3.63) is 58.9 Å². The van der Waals surface area contributed by atoms with Crippen LogP contribution in [0.4, 0.5) is 4.39 Å². The van der Waals surface area contributed by atoms with E-state index in [4.69, 9.17) is 9.47 Å². The first-order valence-corrected chi connectivity index (χ1v) is 7.42. The van der Waals surface area contributed by atoms with Gasteiger partial charge in [0.1, 0.15) is 11.4 Å². The molecule has 0 radical (unpaired) electrons. The predicted molar refractivity (Wildman–Crippen MR) is 84.7 cm³/mol. The van der Waals surface area contributed by atoms with Crippen LogP contribution in [0.1, 0.15) is 27.4 Å². The van der Waals surface area contributed by atoms with E-state index >= 15 is 0 Å². The number of nitrogens with one attached hydrogen (secondary N) is 1. The first kappa shape index (κ1) is 15.3. The van der Waals surface area contributed by atoms with Gasteiger partial charge in [-0.2, -0.15) is 0 Å². The van der Waals surface area contributed by atoms with Crippen LogP contribution in [0.2, 0.25) is 0 Å². The van der Waals surface area contributed by atoms with E-state index in [2.05, 4.69) is 17.4 Å². The van der Waals surface area contributed by atoms with Crippen molar-refractivity contribution in [3.8, 4) is 11.5 Å². The monoisotopic (exact) mass is 315 g/mol. The molecule has 1 unspecified atom stereocenters. The van der Waals surface area contributed by atoms with Crippen molar-refractivity contribution in [2.24, 2.45) is 0 Å². The van der Waals surface area contributed by atoms with E-state index in [1.807, 2.05) is 12.1 Å². The summed E-state index contributed by atoms with van der Waals surface area (Å²) in [4.78, 5) is 12.4. The van der Waals surface area contributed by atoms with Gasteiger partial charge in [-0.15, -0.1) is 0 Å². The van der Waals surface area contributed by atoms with Gasteiger partial charge in [0.25, 0.3) is 5.91 Å². The molecule has 23 heavy (non-hydrogen) atoms. The number of fused-ring (bicyclic) bond motifs is 1. The third-order valence-electron chi connectivity index (χ3n) is 4.19. The number of rotatable bonds is 5. The Morgan fingerprint density at radius 2 is 2.00 bits per heavy atom. The van der Waals surface area contributed by atoms with Crippen molar-refractivity contribution in [1.29, 1.82) is 0 Å². The van der Waals surface area contributed by atoms with Gasteiger partial charge in [0.05, 0.1) is 14.2 Å². The Labute approximate surface area is 134 Å². The molecular formula is C18H18FNO3. The summed E-state index contributed by atoms with van der Waals surface area (Å²) in [5, 5.41) is 2.79. The second-order valence-electron chi connectivity index (χ2n) is 5.47. The van der Waals surface area contributed by atoms with Crippen molar-refractivity contribution in [1.82, 2.24) is 5.32 Å². The van der Waals surface area contributed by atoms with Crippen molar-refractivity contribution >= 4 is 5.91 Å². The lowest BCUT2D eigenvalue weighted by atomic mass is 9.77. The number of hydrogen-bond donors (Lipinski definition) is 1. The van der Waals surface area contributed by atoms with E-state index in [1.165, 1.54) is 37.5 Å². The molecule has 0 aliphatic heterocycles. The van der Waals surface area contributed by atoms with Crippen LogP contribution in [-0.4, -0.2) is 26.7 Å². The molecule has 1 aliphatic carbocycles. The molecule has 1 aliphatic rings. The van der Waals surface area contributed by atoms with Crippen LogP contribution in [0.25, 0.3) is 0 Å². The molecule has 0 saturated heterocycles. The highest BCUT2D eigenvalue weighted by atomic mass is 19.1. The van der Waals surface area contributed by atoms with Crippen LogP contribution in [0, 0.1) is 5.82 Å². The van der Waals surface area contributed by atoms with Gasteiger partial charge in [0.2, 0.25) is 0 Å². The second kappa shape index (κ2) is 6.28. The number of methoxy groups -OCH3 is 2. The summed E-state index contributed by atoms with van der Waals surface area (Å²) in [6.07, 6.45) is 0.925. The van der Waals surface area contributed by atoms with Crippen molar-refractivity contribution in [2.45, 2.75) is 12.3 Å². The fraction of sp³-hybridized carbons (Fsp3) is 0.278. The fourth-order valence-electron chi connectivity index (χ4n) is 2.96. The first-order valence-electron chi connectivity index (χ1n) is 7.42. The van der Waals surface area contributed by atoms with E-state index in [-0.39, 0.29) is 17.2 Å². The van der Waals surface area contributed by atoms with Gasteiger partial charge in [-0.3, -0.25) is 4.79 Å². The minimum atomic E-state index is -0.630. The molecule has 1 N–H and O–H groups in total. The van der Waals surface area contributed by atoms with Crippen LogP contribution in [0.5, 0.6) is 11.5 Å². The topological polar surface area (TPSA) is 47.6 Å². The van der Waals surface area contributed by atoms with E-state index in [0.29, 0.717) is 12.3 Å². The van der Waals surface area contributed by atoms with Crippen LogP contribution < -0.4 is 14.8 Å². The fourth-order valence-corrected chi connectivity index (χ4v) is 2.96. The summed E-state index contributed by atoms with van der Waals surface area (Å²) in [6.45, 7) is 0.468. The number of ether oxygens (including phenoxy) is 2. The van der Waals surface area contributed by atoms with Crippen LogP contribution in [0.3, 0.4) is 0 Å². The molecule has 0 spiro atoms. The van der Waals surface area contributed by atoms with E-state index in [0.717, 1.165) is 6.42 Å². The van der Waals surface area contributed by atoms with Gasteiger partial charge < -0.3 is 14.8 Å². The maximum Gasteiger partial charge on any atom is 0.258 e. The highest BCUT2D eigenvalue weighted by molar-refractivity contribution is 5.98. The predicted octanol–water partition coefficient (Wildman–Crippen LogP) is 2.91. The standard InChI is InChI=1S/C18H18FNO3/c1-22-15-8-7-14(19)16(17(15)23-2)18(21)20-10-12-9-11-5-3-4-6-13(11)12/h3-8,12H,9-10H2,1-2H3,(H,20,21). The molecule has 3 rings (SSSR count). The molecule has 0 saturated carbocycles. The van der Waals surface area contributed by atoms with Gasteiger partial charge in [0, 0.05) is 12.5 Å². The van der Waals surface area contributed by atoms with E-state index < -0.39 is 11.7 Å². The third kappa shape index (κ3) is 2.74. The Morgan fingerprint density at radius 1 is 1.22 bits per heavy atom. The van der Waals surface area contributed by atoms with Gasteiger partial charge in [0.15, 0.2) is 11.5 Å². The Morgan fingerprint density at radius 3 is 2.70 bits per heavy atom. The van der Waals surface area contributed by atoms with Crippen LogP contribution in [0.15, 0.2) is 36.4 Å². The molecule has 4 nitrogen and oxygen atoms in total. The highest BCUT2D eigenvalue weighted by Gasteiger charge is 2.27. The summed E-state index contributed by atoms with van der Waals surface area (Å²) < 4.78 is 24.3. The molecule has 0 aromatic heterocycles. The Kier molecular flexibility index (Phi) is 4.19. The molecule has 2 aromatic rings. The summed E-state index contributed by atoms with van der Waals surface area (Å²) in [6, 6.07) is 10.8. The molecule has 0 heterocycles. The van der Waals surface area contributed by atoms with Crippen molar-refractivity contribution in [3.63, 3.8) is 0 Å². The highest BCUT2D eigenvalue weighted by Crippen LogP contribution is 2.35. The lowest BCUT2D eigenvalue weighted by Gasteiger charge is -2.30.